The molecule has 0 spiro atoms. The average Bonchev–Trinajstić information content (AvgIpc) is 2.46. The van der Waals surface area contributed by atoms with E-state index in [2.05, 4.69) is 15.0 Å². The molecule has 3 aromatic rings. The van der Waals surface area contributed by atoms with Gasteiger partial charge in [-0.1, -0.05) is 24.3 Å². The van der Waals surface area contributed by atoms with Crippen molar-refractivity contribution in [2.45, 2.75) is 6.61 Å². The van der Waals surface area contributed by atoms with Gasteiger partial charge in [0.2, 0.25) is 0 Å². The molecule has 2 aromatic heterocycles. The number of rotatable bonds is 3. The van der Waals surface area contributed by atoms with Crippen LogP contribution in [0, 0.1) is 0 Å². The molecular weight excluding hydrogens is 254 g/mol. The lowest BCUT2D eigenvalue weighted by Crippen LogP contribution is -2.11. The Morgan fingerprint density at radius 1 is 1.25 bits per heavy atom. The highest BCUT2D eigenvalue weighted by atomic mass is 16.5. The highest BCUT2D eigenvalue weighted by Gasteiger charge is 2.08. The van der Waals surface area contributed by atoms with E-state index in [0.717, 1.165) is 16.3 Å². The molecule has 0 atom stereocenters. The number of aromatic amines is 1. The van der Waals surface area contributed by atoms with Crippen LogP contribution in [-0.2, 0) is 11.3 Å². The van der Waals surface area contributed by atoms with Gasteiger partial charge in [-0.25, -0.2) is 4.98 Å². The number of nitrogens with zero attached hydrogens (tertiary/aromatic N) is 2. The van der Waals surface area contributed by atoms with Crippen molar-refractivity contribution in [1.82, 2.24) is 15.0 Å². The Kier molecular flexibility index (Phi) is 3.26. The Balaban J connectivity index is 2.23. The summed E-state index contributed by atoms with van der Waals surface area (Å²) in [6, 6.07) is 9.29. The molecule has 0 aliphatic rings. The van der Waals surface area contributed by atoms with Crippen LogP contribution >= 0.6 is 0 Å². The van der Waals surface area contributed by atoms with Crippen LogP contribution in [0.15, 0.2) is 47.5 Å². The van der Waals surface area contributed by atoms with Gasteiger partial charge in [0.25, 0.3) is 5.56 Å². The van der Waals surface area contributed by atoms with Crippen LogP contribution in [0.4, 0.5) is 0 Å². The fourth-order valence-electron chi connectivity index (χ4n) is 2.16. The Morgan fingerprint density at radius 2 is 2.10 bits per heavy atom. The topological polar surface area (TPSA) is 67.9 Å². The van der Waals surface area contributed by atoms with Gasteiger partial charge in [0, 0.05) is 36.5 Å². The predicted octanol–water partition coefficient (Wildman–Crippen LogP) is 2.13. The standard InChI is InChI=1S/C15H13N3O2/c1-20-9-11-6-14(19)18-15(17-11)13-8-16-7-10-4-2-3-5-12(10)13/h2-8H,9H2,1H3,(H,17,18,19). The summed E-state index contributed by atoms with van der Waals surface area (Å²) < 4.78 is 5.03. The van der Waals surface area contributed by atoms with Gasteiger partial charge >= 0.3 is 0 Å². The number of pyridine rings is 1. The number of hydrogen-bond acceptors (Lipinski definition) is 4. The lowest BCUT2D eigenvalue weighted by molar-refractivity contribution is 0.181. The van der Waals surface area contributed by atoms with Crippen LogP contribution in [0.25, 0.3) is 22.2 Å². The maximum absolute atomic E-state index is 11.7. The Bertz CT molecular complexity index is 806. The number of benzene rings is 1. The highest BCUT2D eigenvalue weighted by molar-refractivity contribution is 5.93. The molecule has 100 valence electrons. The SMILES string of the molecule is COCc1cc(=O)[nH]c(-c2cncc3ccccc23)n1. The maximum atomic E-state index is 11.7. The predicted molar refractivity (Wildman–Crippen MR) is 76.3 cm³/mol. The van der Waals surface area contributed by atoms with E-state index in [1.165, 1.54) is 6.07 Å². The summed E-state index contributed by atoms with van der Waals surface area (Å²) >= 11 is 0. The lowest BCUT2D eigenvalue weighted by atomic mass is 10.1. The quantitative estimate of drug-likeness (QED) is 0.789. The fraction of sp³-hybridized carbons (Fsp3) is 0.133. The van der Waals surface area contributed by atoms with Gasteiger partial charge in [-0.3, -0.25) is 9.78 Å². The summed E-state index contributed by atoms with van der Waals surface area (Å²) in [6.45, 7) is 0.301. The minimum absolute atomic E-state index is 0.199. The van der Waals surface area contributed by atoms with Crippen LogP contribution < -0.4 is 5.56 Å². The molecule has 0 saturated heterocycles. The molecule has 3 rings (SSSR count). The van der Waals surface area contributed by atoms with Crippen LogP contribution in [0.2, 0.25) is 0 Å². The second-order valence-corrected chi connectivity index (χ2v) is 4.43. The number of aromatic nitrogens is 3. The first-order chi connectivity index (χ1) is 9.78. The molecule has 0 radical (unpaired) electrons. The van der Waals surface area contributed by atoms with Gasteiger partial charge in [-0.2, -0.15) is 0 Å². The monoisotopic (exact) mass is 267 g/mol. The molecule has 5 heteroatoms. The van der Waals surface area contributed by atoms with E-state index in [1.54, 1.807) is 19.5 Å². The smallest absolute Gasteiger partial charge is 0.251 e. The molecule has 0 amide bonds. The zero-order valence-electron chi connectivity index (χ0n) is 11.0. The maximum Gasteiger partial charge on any atom is 0.251 e. The Morgan fingerprint density at radius 3 is 2.95 bits per heavy atom. The number of nitrogens with one attached hydrogen (secondary N) is 1. The molecular formula is C15H13N3O2. The average molecular weight is 267 g/mol. The first-order valence-electron chi connectivity index (χ1n) is 6.20. The summed E-state index contributed by atoms with van der Waals surface area (Å²) in [5.41, 5.74) is 1.20. The molecule has 0 saturated carbocycles. The molecule has 0 bridgehead atoms. The molecule has 1 aromatic carbocycles. The van der Waals surface area contributed by atoms with Gasteiger partial charge in [0.05, 0.1) is 12.3 Å². The first-order valence-corrected chi connectivity index (χ1v) is 6.20. The number of methoxy groups -OCH3 is 1. The molecule has 20 heavy (non-hydrogen) atoms. The van der Waals surface area contributed by atoms with E-state index < -0.39 is 0 Å². The third kappa shape index (κ3) is 2.31. The van der Waals surface area contributed by atoms with Crippen molar-refractivity contribution in [2.75, 3.05) is 7.11 Å². The summed E-state index contributed by atoms with van der Waals surface area (Å²) in [5, 5.41) is 2.00. The van der Waals surface area contributed by atoms with Crippen molar-refractivity contribution in [3.8, 4) is 11.4 Å². The third-order valence-corrected chi connectivity index (χ3v) is 3.01. The number of H-pyrrole nitrogens is 1. The van der Waals surface area contributed by atoms with Gasteiger partial charge in [0.1, 0.15) is 5.82 Å². The minimum atomic E-state index is -0.199. The molecule has 0 aliphatic carbocycles. The van der Waals surface area contributed by atoms with E-state index >= 15 is 0 Å². The van der Waals surface area contributed by atoms with Crippen molar-refractivity contribution < 1.29 is 4.74 Å². The number of fused-ring (bicyclic) bond motifs is 1. The Labute approximate surface area is 115 Å². The van der Waals surface area contributed by atoms with Crippen LogP contribution in [-0.4, -0.2) is 22.1 Å². The van der Waals surface area contributed by atoms with E-state index in [1.807, 2.05) is 24.3 Å². The van der Waals surface area contributed by atoms with Crippen molar-refractivity contribution >= 4 is 10.8 Å². The van der Waals surface area contributed by atoms with Crippen molar-refractivity contribution in [1.29, 1.82) is 0 Å². The summed E-state index contributed by atoms with van der Waals surface area (Å²) in [5.74, 6) is 0.508. The molecule has 0 fully saturated rings. The zero-order chi connectivity index (χ0) is 13.9. The highest BCUT2D eigenvalue weighted by Crippen LogP contribution is 2.24. The van der Waals surface area contributed by atoms with Gasteiger partial charge in [-0.05, 0) is 5.39 Å². The van der Waals surface area contributed by atoms with Crippen LogP contribution in [0.5, 0.6) is 0 Å². The van der Waals surface area contributed by atoms with Gasteiger partial charge in [0.15, 0.2) is 0 Å². The normalized spacial score (nSPS) is 10.8. The summed E-state index contributed by atoms with van der Waals surface area (Å²) in [6.07, 6.45) is 3.49. The molecule has 2 heterocycles. The number of hydrogen-bond donors (Lipinski definition) is 1. The van der Waals surface area contributed by atoms with Crippen molar-refractivity contribution in [2.24, 2.45) is 0 Å². The summed E-state index contributed by atoms with van der Waals surface area (Å²) in [4.78, 5) is 23.1. The fourth-order valence-corrected chi connectivity index (χ4v) is 2.16. The summed E-state index contributed by atoms with van der Waals surface area (Å²) in [7, 11) is 1.57. The van der Waals surface area contributed by atoms with Gasteiger partial charge in [-0.15, -0.1) is 0 Å². The Hall–Kier alpha value is -2.53. The van der Waals surface area contributed by atoms with E-state index in [9.17, 15) is 4.79 Å². The van der Waals surface area contributed by atoms with Crippen molar-refractivity contribution in [3.63, 3.8) is 0 Å². The second-order valence-electron chi connectivity index (χ2n) is 4.43. The lowest BCUT2D eigenvalue weighted by Gasteiger charge is -2.06. The van der Waals surface area contributed by atoms with E-state index in [-0.39, 0.29) is 5.56 Å². The largest absolute Gasteiger partial charge is 0.378 e. The second kappa shape index (κ2) is 5.22. The van der Waals surface area contributed by atoms with Crippen LogP contribution in [0.3, 0.4) is 0 Å². The zero-order valence-corrected chi connectivity index (χ0v) is 11.0. The first kappa shape index (κ1) is 12.5. The molecule has 0 unspecified atom stereocenters. The molecule has 1 N–H and O–H groups in total. The van der Waals surface area contributed by atoms with Crippen LogP contribution in [0.1, 0.15) is 5.69 Å². The third-order valence-electron chi connectivity index (χ3n) is 3.01. The molecule has 0 aliphatic heterocycles. The molecule has 5 nitrogen and oxygen atoms in total. The van der Waals surface area contributed by atoms with E-state index in [4.69, 9.17) is 4.74 Å². The minimum Gasteiger partial charge on any atom is -0.378 e. The van der Waals surface area contributed by atoms with Crippen molar-refractivity contribution in [3.05, 3.63) is 58.8 Å². The van der Waals surface area contributed by atoms with Gasteiger partial charge < -0.3 is 9.72 Å². The van der Waals surface area contributed by atoms with E-state index in [0.29, 0.717) is 18.1 Å². The number of ether oxygens (including phenoxy) is 1.